The third kappa shape index (κ3) is 4.29. The molecule has 0 aliphatic rings. The van der Waals surface area contributed by atoms with Crippen LogP contribution in [0.4, 0.5) is 0 Å². The minimum atomic E-state index is -0.164. The van der Waals surface area contributed by atoms with Gasteiger partial charge < -0.3 is 9.84 Å². The minimum Gasteiger partial charge on any atom is -0.507 e. The maximum absolute atomic E-state index is 10.7. The van der Waals surface area contributed by atoms with Gasteiger partial charge >= 0.3 is 0 Å². The molecule has 2 aromatic carbocycles. The molecule has 0 radical (unpaired) electrons. The molecule has 0 saturated heterocycles. The van der Waals surface area contributed by atoms with Crippen molar-refractivity contribution in [2.75, 3.05) is 0 Å². The fourth-order valence-corrected chi connectivity index (χ4v) is 2.71. The van der Waals surface area contributed by atoms with Crippen molar-refractivity contribution in [2.45, 2.75) is 52.4 Å². The number of benzene rings is 2. The monoisotopic (exact) mass is 376 g/mol. The lowest BCUT2D eigenvalue weighted by atomic mass is 9.79. The Balaban J connectivity index is 2.53. The second kappa shape index (κ2) is 6.20. The molecule has 0 heterocycles. The Kier molecular flexibility index (Phi) is 4.81. The van der Waals surface area contributed by atoms with Crippen LogP contribution in [0, 0.1) is 0 Å². The van der Waals surface area contributed by atoms with Crippen LogP contribution in [0.5, 0.6) is 17.2 Å². The molecule has 124 valence electrons. The zero-order chi connectivity index (χ0) is 17.4. The first-order valence-electron chi connectivity index (χ1n) is 7.80. The largest absolute Gasteiger partial charge is 0.507 e. The summed E-state index contributed by atoms with van der Waals surface area (Å²) in [5.41, 5.74) is 1.47. The number of ether oxygens (including phenoxy) is 1. The van der Waals surface area contributed by atoms with E-state index in [4.69, 9.17) is 4.74 Å². The van der Waals surface area contributed by atoms with Crippen molar-refractivity contribution >= 4 is 15.9 Å². The van der Waals surface area contributed by atoms with Gasteiger partial charge in [-0.25, -0.2) is 0 Å². The van der Waals surface area contributed by atoms with Crippen molar-refractivity contribution in [3.8, 4) is 17.2 Å². The van der Waals surface area contributed by atoms with E-state index >= 15 is 0 Å². The molecule has 0 bridgehead atoms. The maximum atomic E-state index is 10.7. The van der Waals surface area contributed by atoms with Crippen molar-refractivity contribution in [3.05, 3.63) is 52.0 Å². The number of hydrogen-bond donors (Lipinski definition) is 1. The van der Waals surface area contributed by atoms with Crippen LogP contribution in [0.15, 0.2) is 40.9 Å². The molecular weight excluding hydrogens is 352 g/mol. The topological polar surface area (TPSA) is 29.5 Å². The number of phenolic OH excluding ortho intramolecular Hbond substituents is 1. The van der Waals surface area contributed by atoms with E-state index in [2.05, 4.69) is 57.5 Å². The van der Waals surface area contributed by atoms with E-state index in [9.17, 15) is 5.11 Å². The van der Waals surface area contributed by atoms with Gasteiger partial charge in [-0.1, -0.05) is 57.5 Å². The van der Waals surface area contributed by atoms with Crippen LogP contribution in [-0.2, 0) is 10.8 Å². The quantitative estimate of drug-likeness (QED) is 0.644. The number of halogens is 1. The highest BCUT2D eigenvalue weighted by molar-refractivity contribution is 9.10. The van der Waals surface area contributed by atoms with Crippen molar-refractivity contribution in [1.82, 2.24) is 0 Å². The zero-order valence-electron chi connectivity index (χ0n) is 14.7. The summed E-state index contributed by atoms with van der Waals surface area (Å²) in [6, 6.07) is 11.6. The second-order valence-corrected chi connectivity index (χ2v) is 8.84. The lowest BCUT2D eigenvalue weighted by molar-refractivity contribution is 0.415. The Morgan fingerprint density at radius 2 is 1.22 bits per heavy atom. The van der Waals surface area contributed by atoms with Gasteiger partial charge in [-0.2, -0.15) is 0 Å². The first kappa shape index (κ1) is 17.9. The standard InChI is InChI=1S/C20H25BrO2/c1-19(2,3)16-11-15(12-17(18(16)22)20(4,5)6)23-14-9-7-13(21)8-10-14/h7-12,22H,1-6H3. The van der Waals surface area contributed by atoms with Crippen LogP contribution in [0.25, 0.3) is 0 Å². The first-order valence-corrected chi connectivity index (χ1v) is 8.59. The number of rotatable bonds is 2. The highest BCUT2D eigenvalue weighted by atomic mass is 79.9. The summed E-state index contributed by atoms with van der Waals surface area (Å²) < 4.78 is 7.04. The van der Waals surface area contributed by atoms with Crippen molar-refractivity contribution < 1.29 is 9.84 Å². The van der Waals surface area contributed by atoms with Gasteiger partial charge in [0.25, 0.3) is 0 Å². The summed E-state index contributed by atoms with van der Waals surface area (Å²) in [4.78, 5) is 0. The molecule has 0 spiro atoms. The van der Waals surface area contributed by atoms with Gasteiger partial charge in [-0.15, -0.1) is 0 Å². The third-order valence-electron chi connectivity index (χ3n) is 3.75. The van der Waals surface area contributed by atoms with Gasteiger partial charge in [0, 0.05) is 15.6 Å². The molecule has 3 heteroatoms. The zero-order valence-corrected chi connectivity index (χ0v) is 16.3. The molecule has 2 nitrogen and oxygen atoms in total. The van der Waals surface area contributed by atoms with Crippen molar-refractivity contribution in [2.24, 2.45) is 0 Å². The first-order chi connectivity index (χ1) is 10.5. The molecule has 0 aliphatic carbocycles. The normalized spacial score (nSPS) is 12.3. The molecule has 0 atom stereocenters. The summed E-state index contributed by atoms with van der Waals surface area (Å²) >= 11 is 3.43. The maximum Gasteiger partial charge on any atom is 0.128 e. The van der Waals surface area contributed by atoms with Crippen molar-refractivity contribution in [3.63, 3.8) is 0 Å². The minimum absolute atomic E-state index is 0.164. The van der Waals surface area contributed by atoms with Crippen LogP contribution in [0.1, 0.15) is 52.7 Å². The van der Waals surface area contributed by atoms with Crippen LogP contribution < -0.4 is 4.74 Å². The van der Waals surface area contributed by atoms with Gasteiger partial charge in [0.1, 0.15) is 17.2 Å². The van der Waals surface area contributed by atoms with E-state index in [0.29, 0.717) is 5.75 Å². The molecule has 2 aromatic rings. The fourth-order valence-electron chi connectivity index (χ4n) is 2.45. The number of hydrogen-bond acceptors (Lipinski definition) is 2. The lowest BCUT2D eigenvalue weighted by Gasteiger charge is -2.28. The highest BCUT2D eigenvalue weighted by Gasteiger charge is 2.27. The van der Waals surface area contributed by atoms with Gasteiger partial charge in [0.2, 0.25) is 0 Å². The van der Waals surface area contributed by atoms with Crippen LogP contribution in [0.3, 0.4) is 0 Å². The highest BCUT2D eigenvalue weighted by Crippen LogP contribution is 2.42. The Morgan fingerprint density at radius 3 is 1.61 bits per heavy atom. The van der Waals surface area contributed by atoms with E-state index in [-0.39, 0.29) is 10.8 Å². The van der Waals surface area contributed by atoms with E-state index in [1.165, 1.54) is 0 Å². The van der Waals surface area contributed by atoms with Gasteiger partial charge in [-0.3, -0.25) is 0 Å². The van der Waals surface area contributed by atoms with Gasteiger partial charge in [0.15, 0.2) is 0 Å². The van der Waals surface area contributed by atoms with E-state index < -0.39 is 0 Å². The van der Waals surface area contributed by atoms with Crippen LogP contribution >= 0.6 is 15.9 Å². The van der Waals surface area contributed by atoms with Crippen LogP contribution in [-0.4, -0.2) is 5.11 Å². The summed E-state index contributed by atoms with van der Waals surface area (Å²) in [6.07, 6.45) is 0. The summed E-state index contributed by atoms with van der Waals surface area (Å²) in [5.74, 6) is 1.90. The smallest absolute Gasteiger partial charge is 0.128 e. The Bertz CT molecular complexity index is 654. The molecule has 23 heavy (non-hydrogen) atoms. The van der Waals surface area contributed by atoms with E-state index in [1.807, 2.05) is 36.4 Å². The molecule has 0 amide bonds. The van der Waals surface area contributed by atoms with E-state index in [1.54, 1.807) is 0 Å². The molecule has 0 unspecified atom stereocenters. The summed E-state index contributed by atoms with van der Waals surface area (Å²) in [6.45, 7) is 12.6. The predicted octanol–water partition coefficient (Wildman–Crippen LogP) is 6.54. The van der Waals surface area contributed by atoms with E-state index in [0.717, 1.165) is 27.1 Å². The number of phenols is 1. The summed E-state index contributed by atoms with van der Waals surface area (Å²) in [7, 11) is 0. The molecule has 0 saturated carbocycles. The molecule has 2 rings (SSSR count). The molecular formula is C20H25BrO2. The average Bonchev–Trinajstić information content (AvgIpc) is 2.40. The van der Waals surface area contributed by atoms with Gasteiger partial charge in [0.05, 0.1) is 0 Å². The Hall–Kier alpha value is -1.48. The third-order valence-corrected chi connectivity index (χ3v) is 4.28. The predicted molar refractivity (Wildman–Crippen MR) is 99.7 cm³/mol. The molecule has 1 N–H and O–H groups in total. The Morgan fingerprint density at radius 1 is 0.783 bits per heavy atom. The second-order valence-electron chi connectivity index (χ2n) is 7.92. The summed E-state index contributed by atoms with van der Waals surface area (Å²) in [5, 5.41) is 10.7. The number of aromatic hydroxyl groups is 1. The Labute approximate surface area is 147 Å². The van der Waals surface area contributed by atoms with Crippen molar-refractivity contribution in [1.29, 1.82) is 0 Å². The average molecular weight is 377 g/mol. The van der Waals surface area contributed by atoms with Gasteiger partial charge in [-0.05, 0) is 47.2 Å². The lowest BCUT2D eigenvalue weighted by Crippen LogP contribution is -2.17. The van der Waals surface area contributed by atoms with Crippen LogP contribution in [0.2, 0.25) is 0 Å². The molecule has 0 fully saturated rings. The molecule has 0 aromatic heterocycles. The molecule has 0 aliphatic heterocycles. The fraction of sp³-hybridized carbons (Fsp3) is 0.400. The SMILES string of the molecule is CC(C)(C)c1cc(Oc2ccc(Br)cc2)cc(C(C)(C)C)c1O.